The SMILES string of the molecule is CC(OC(=O)c1ccc(Br)s1)C(=O)Nc1cccc(S(N)(=O)=O)c1. The van der Waals surface area contributed by atoms with Crippen LogP contribution in [0, 0.1) is 0 Å². The molecule has 0 radical (unpaired) electrons. The van der Waals surface area contributed by atoms with Gasteiger partial charge in [-0.15, -0.1) is 11.3 Å². The number of carbonyl (C=O) groups excluding carboxylic acids is 2. The van der Waals surface area contributed by atoms with Crippen LogP contribution in [0.1, 0.15) is 16.6 Å². The van der Waals surface area contributed by atoms with E-state index in [2.05, 4.69) is 21.2 Å². The lowest BCUT2D eigenvalue weighted by molar-refractivity contribution is -0.123. The van der Waals surface area contributed by atoms with Crippen LogP contribution >= 0.6 is 27.3 Å². The van der Waals surface area contributed by atoms with E-state index >= 15 is 0 Å². The van der Waals surface area contributed by atoms with E-state index in [1.807, 2.05) is 0 Å². The lowest BCUT2D eigenvalue weighted by Crippen LogP contribution is -2.29. The monoisotopic (exact) mass is 432 g/mol. The topological polar surface area (TPSA) is 116 Å². The molecule has 1 amide bonds. The maximum absolute atomic E-state index is 12.1. The number of rotatable bonds is 5. The van der Waals surface area contributed by atoms with Crippen LogP contribution in [0.3, 0.4) is 0 Å². The molecule has 2 aromatic rings. The van der Waals surface area contributed by atoms with Gasteiger partial charge in [-0.3, -0.25) is 4.79 Å². The minimum absolute atomic E-state index is 0.131. The Balaban J connectivity index is 2.03. The number of hydrogen-bond donors (Lipinski definition) is 2. The first-order valence-corrected chi connectivity index (χ1v) is 9.72. The van der Waals surface area contributed by atoms with Crippen LogP contribution < -0.4 is 10.5 Å². The number of amides is 1. The zero-order chi connectivity index (χ0) is 17.9. The lowest BCUT2D eigenvalue weighted by Gasteiger charge is -2.13. The fourth-order valence-corrected chi connectivity index (χ4v) is 3.52. The number of ether oxygens (including phenoxy) is 1. The zero-order valence-electron chi connectivity index (χ0n) is 12.4. The Labute approximate surface area is 151 Å². The van der Waals surface area contributed by atoms with Crippen LogP contribution in [-0.2, 0) is 19.6 Å². The van der Waals surface area contributed by atoms with Gasteiger partial charge in [-0.25, -0.2) is 18.4 Å². The van der Waals surface area contributed by atoms with Crippen molar-refractivity contribution in [1.82, 2.24) is 0 Å². The fraction of sp³-hybridized carbons (Fsp3) is 0.143. The highest BCUT2D eigenvalue weighted by Crippen LogP contribution is 2.23. The molecule has 128 valence electrons. The van der Waals surface area contributed by atoms with Gasteiger partial charge in [-0.1, -0.05) is 6.07 Å². The molecular weight excluding hydrogens is 420 g/mol. The first kappa shape index (κ1) is 18.6. The summed E-state index contributed by atoms with van der Waals surface area (Å²) in [4.78, 5) is 24.2. The molecule has 0 spiro atoms. The Bertz CT molecular complexity index is 879. The molecule has 0 aliphatic rings. The number of halogens is 1. The highest BCUT2D eigenvalue weighted by Gasteiger charge is 2.20. The third-order valence-corrected chi connectivity index (χ3v) is 5.37. The van der Waals surface area contributed by atoms with E-state index in [9.17, 15) is 18.0 Å². The maximum atomic E-state index is 12.1. The van der Waals surface area contributed by atoms with Gasteiger partial charge in [-0.2, -0.15) is 0 Å². The highest BCUT2D eigenvalue weighted by atomic mass is 79.9. The molecule has 0 aliphatic carbocycles. The largest absolute Gasteiger partial charge is 0.448 e. The van der Waals surface area contributed by atoms with E-state index in [0.717, 1.165) is 3.79 Å². The van der Waals surface area contributed by atoms with Crippen LogP contribution in [0.25, 0.3) is 0 Å². The summed E-state index contributed by atoms with van der Waals surface area (Å²) in [5, 5.41) is 7.51. The number of esters is 1. The smallest absolute Gasteiger partial charge is 0.349 e. The number of thiophene rings is 1. The molecule has 0 bridgehead atoms. The van der Waals surface area contributed by atoms with Gasteiger partial charge in [0.25, 0.3) is 5.91 Å². The third kappa shape index (κ3) is 4.87. The van der Waals surface area contributed by atoms with Crippen molar-refractivity contribution in [2.75, 3.05) is 5.32 Å². The Kier molecular flexibility index (Phi) is 5.75. The molecule has 0 aliphatic heterocycles. The molecule has 1 aromatic carbocycles. The van der Waals surface area contributed by atoms with E-state index in [4.69, 9.17) is 9.88 Å². The molecule has 7 nitrogen and oxygen atoms in total. The average molecular weight is 433 g/mol. The Morgan fingerprint density at radius 2 is 2.00 bits per heavy atom. The van der Waals surface area contributed by atoms with Crippen molar-refractivity contribution in [2.45, 2.75) is 17.9 Å². The molecule has 1 heterocycles. The highest BCUT2D eigenvalue weighted by molar-refractivity contribution is 9.11. The second kappa shape index (κ2) is 7.43. The summed E-state index contributed by atoms with van der Waals surface area (Å²) in [5.74, 6) is -1.21. The summed E-state index contributed by atoms with van der Waals surface area (Å²) in [6.45, 7) is 1.42. The van der Waals surface area contributed by atoms with Crippen molar-refractivity contribution < 1.29 is 22.7 Å². The minimum atomic E-state index is -3.87. The summed E-state index contributed by atoms with van der Waals surface area (Å²) in [7, 11) is -3.87. The van der Waals surface area contributed by atoms with Crippen molar-refractivity contribution in [3.05, 3.63) is 45.1 Å². The summed E-state index contributed by atoms with van der Waals surface area (Å²) < 4.78 is 28.5. The predicted molar refractivity (Wildman–Crippen MR) is 93.3 cm³/mol. The Morgan fingerprint density at radius 3 is 2.58 bits per heavy atom. The minimum Gasteiger partial charge on any atom is -0.448 e. The number of anilines is 1. The van der Waals surface area contributed by atoms with E-state index in [-0.39, 0.29) is 10.6 Å². The summed E-state index contributed by atoms with van der Waals surface area (Å²) in [6.07, 6.45) is -1.06. The predicted octanol–water partition coefficient (Wildman–Crippen LogP) is 2.34. The number of nitrogens with one attached hydrogen (secondary N) is 1. The molecule has 24 heavy (non-hydrogen) atoms. The number of sulfonamides is 1. The molecule has 1 aromatic heterocycles. The third-order valence-electron chi connectivity index (χ3n) is 2.86. The van der Waals surface area contributed by atoms with Crippen LogP contribution in [0.5, 0.6) is 0 Å². The normalized spacial score (nSPS) is 12.5. The van der Waals surface area contributed by atoms with E-state index in [1.165, 1.54) is 42.5 Å². The van der Waals surface area contributed by atoms with E-state index in [0.29, 0.717) is 4.88 Å². The van der Waals surface area contributed by atoms with Crippen molar-refractivity contribution in [2.24, 2.45) is 5.14 Å². The Hall–Kier alpha value is -1.75. The quantitative estimate of drug-likeness (QED) is 0.703. The van der Waals surface area contributed by atoms with E-state index < -0.39 is 28.0 Å². The van der Waals surface area contributed by atoms with Crippen molar-refractivity contribution in [1.29, 1.82) is 0 Å². The molecule has 3 N–H and O–H groups in total. The first-order valence-electron chi connectivity index (χ1n) is 6.57. The molecule has 2 rings (SSSR count). The van der Waals surface area contributed by atoms with Gasteiger partial charge in [0, 0.05) is 5.69 Å². The van der Waals surface area contributed by atoms with Gasteiger partial charge in [-0.05, 0) is 53.2 Å². The molecule has 10 heteroatoms. The van der Waals surface area contributed by atoms with Crippen molar-refractivity contribution >= 4 is 54.9 Å². The average Bonchev–Trinajstić information content (AvgIpc) is 2.93. The summed E-state index contributed by atoms with van der Waals surface area (Å²) >= 11 is 4.42. The summed E-state index contributed by atoms with van der Waals surface area (Å²) in [6, 6.07) is 8.75. The van der Waals surface area contributed by atoms with Gasteiger partial charge >= 0.3 is 5.97 Å². The molecule has 0 fully saturated rings. The Morgan fingerprint density at radius 1 is 1.29 bits per heavy atom. The molecule has 1 atom stereocenters. The second-order valence-electron chi connectivity index (χ2n) is 4.71. The first-order chi connectivity index (χ1) is 11.2. The number of benzene rings is 1. The molecular formula is C14H13BrN2O5S2. The molecule has 1 unspecified atom stereocenters. The van der Waals surface area contributed by atoms with Gasteiger partial charge in [0.2, 0.25) is 10.0 Å². The number of carbonyl (C=O) groups is 2. The summed E-state index contributed by atoms with van der Waals surface area (Å²) in [5.41, 5.74) is 0.230. The van der Waals surface area contributed by atoms with E-state index in [1.54, 1.807) is 12.1 Å². The van der Waals surface area contributed by atoms with Gasteiger partial charge in [0.1, 0.15) is 4.88 Å². The second-order valence-corrected chi connectivity index (χ2v) is 8.74. The molecule has 0 saturated heterocycles. The molecule has 0 saturated carbocycles. The van der Waals surface area contributed by atoms with Crippen LogP contribution in [0.4, 0.5) is 5.69 Å². The van der Waals surface area contributed by atoms with Gasteiger partial charge < -0.3 is 10.1 Å². The zero-order valence-corrected chi connectivity index (χ0v) is 15.6. The van der Waals surface area contributed by atoms with Crippen LogP contribution in [0.15, 0.2) is 45.1 Å². The maximum Gasteiger partial charge on any atom is 0.349 e. The number of primary sulfonamides is 1. The van der Waals surface area contributed by atoms with Crippen molar-refractivity contribution in [3.63, 3.8) is 0 Å². The lowest BCUT2D eigenvalue weighted by atomic mass is 10.3. The van der Waals surface area contributed by atoms with Crippen LogP contribution in [0.2, 0.25) is 0 Å². The number of nitrogens with two attached hydrogens (primary N) is 1. The standard InChI is InChI=1S/C14H13BrN2O5S2/c1-8(22-14(19)11-5-6-12(15)23-11)13(18)17-9-3-2-4-10(7-9)24(16,20)21/h2-8H,1H3,(H,17,18)(H2,16,20,21). The van der Waals surface area contributed by atoms with Gasteiger partial charge in [0.15, 0.2) is 6.10 Å². The number of hydrogen-bond acceptors (Lipinski definition) is 6. The van der Waals surface area contributed by atoms with Gasteiger partial charge in [0.05, 0.1) is 8.68 Å². The van der Waals surface area contributed by atoms with Crippen LogP contribution in [-0.4, -0.2) is 26.4 Å². The van der Waals surface area contributed by atoms with Crippen molar-refractivity contribution in [3.8, 4) is 0 Å². The fourth-order valence-electron chi connectivity index (χ4n) is 1.69.